The molecule has 1 amide bonds. The maximum absolute atomic E-state index is 12.3. The lowest BCUT2D eigenvalue weighted by atomic mass is 10.1. The third-order valence-corrected chi connectivity index (χ3v) is 4.10. The third kappa shape index (κ3) is 3.65. The fourth-order valence-electron chi connectivity index (χ4n) is 1.93. The van der Waals surface area contributed by atoms with Crippen molar-refractivity contribution >= 4 is 17.2 Å². The molecule has 5 heteroatoms. The first-order valence-corrected chi connectivity index (χ1v) is 7.36. The lowest BCUT2D eigenvalue weighted by molar-refractivity contribution is -0.131. The van der Waals surface area contributed by atoms with Gasteiger partial charge in [-0.05, 0) is 12.5 Å². The standard InChI is InChI=1S/C15H19N3OS/c1-11-10-17-13(20-11)8-9-18(2)15(19)14(16)12-6-4-3-5-7-12/h3-7,10,14H,8-9,16H2,1-2H3/t14-/m1/s1. The van der Waals surface area contributed by atoms with Gasteiger partial charge in [-0.25, -0.2) is 4.98 Å². The van der Waals surface area contributed by atoms with Crippen LogP contribution >= 0.6 is 11.3 Å². The average Bonchev–Trinajstić information content (AvgIpc) is 2.89. The number of hydrogen-bond acceptors (Lipinski definition) is 4. The molecule has 0 radical (unpaired) electrons. The van der Waals surface area contributed by atoms with Crippen molar-refractivity contribution in [2.24, 2.45) is 5.73 Å². The van der Waals surface area contributed by atoms with E-state index >= 15 is 0 Å². The molecular weight excluding hydrogens is 270 g/mol. The van der Waals surface area contributed by atoms with E-state index in [4.69, 9.17) is 5.73 Å². The number of amides is 1. The van der Waals surface area contributed by atoms with E-state index in [2.05, 4.69) is 4.98 Å². The van der Waals surface area contributed by atoms with Crippen LogP contribution in [0.5, 0.6) is 0 Å². The van der Waals surface area contributed by atoms with Crippen LogP contribution in [0.3, 0.4) is 0 Å². The molecule has 2 aromatic rings. The second kappa shape index (κ2) is 6.63. The van der Waals surface area contributed by atoms with E-state index in [1.54, 1.807) is 23.3 Å². The molecule has 0 aliphatic rings. The van der Waals surface area contributed by atoms with Crippen molar-refractivity contribution < 1.29 is 4.79 Å². The highest BCUT2D eigenvalue weighted by Gasteiger charge is 2.19. The Labute approximate surface area is 123 Å². The number of rotatable bonds is 5. The fourth-order valence-corrected chi connectivity index (χ4v) is 2.71. The van der Waals surface area contributed by atoms with Gasteiger partial charge < -0.3 is 10.6 Å². The molecular formula is C15H19N3OS. The summed E-state index contributed by atoms with van der Waals surface area (Å²) in [7, 11) is 1.78. The Hall–Kier alpha value is -1.72. The van der Waals surface area contributed by atoms with Crippen molar-refractivity contribution in [2.75, 3.05) is 13.6 Å². The van der Waals surface area contributed by atoms with Crippen LogP contribution in [0, 0.1) is 6.92 Å². The van der Waals surface area contributed by atoms with Gasteiger partial charge >= 0.3 is 0 Å². The molecule has 0 saturated carbocycles. The summed E-state index contributed by atoms with van der Waals surface area (Å²) in [6.45, 7) is 2.66. The van der Waals surface area contributed by atoms with Crippen molar-refractivity contribution in [3.05, 3.63) is 52.0 Å². The minimum absolute atomic E-state index is 0.0653. The first-order valence-electron chi connectivity index (χ1n) is 6.54. The highest BCUT2D eigenvalue weighted by molar-refractivity contribution is 7.11. The number of carbonyl (C=O) groups excluding carboxylic acids is 1. The summed E-state index contributed by atoms with van der Waals surface area (Å²) in [6, 6.07) is 8.84. The number of carbonyl (C=O) groups is 1. The molecule has 0 spiro atoms. The average molecular weight is 289 g/mol. The van der Waals surface area contributed by atoms with E-state index in [0.717, 1.165) is 17.0 Å². The van der Waals surface area contributed by atoms with Gasteiger partial charge in [0.25, 0.3) is 0 Å². The van der Waals surface area contributed by atoms with Crippen LogP contribution in [0.25, 0.3) is 0 Å². The largest absolute Gasteiger partial charge is 0.344 e. The van der Waals surface area contributed by atoms with Crippen LogP contribution in [0.15, 0.2) is 36.5 Å². The molecule has 106 valence electrons. The Kier molecular flexibility index (Phi) is 4.87. The third-order valence-electron chi connectivity index (χ3n) is 3.13. The second-order valence-electron chi connectivity index (χ2n) is 4.76. The van der Waals surface area contributed by atoms with Crippen molar-refractivity contribution in [2.45, 2.75) is 19.4 Å². The molecule has 1 atom stereocenters. The molecule has 0 aliphatic carbocycles. The van der Waals surface area contributed by atoms with Gasteiger partial charge in [0.15, 0.2) is 0 Å². The van der Waals surface area contributed by atoms with Crippen LogP contribution < -0.4 is 5.73 Å². The maximum atomic E-state index is 12.3. The number of nitrogens with two attached hydrogens (primary N) is 1. The van der Waals surface area contributed by atoms with Crippen LogP contribution in [-0.2, 0) is 11.2 Å². The van der Waals surface area contributed by atoms with Gasteiger partial charge in [0.1, 0.15) is 6.04 Å². The minimum Gasteiger partial charge on any atom is -0.344 e. The van der Waals surface area contributed by atoms with Crippen molar-refractivity contribution in [1.29, 1.82) is 0 Å². The number of aromatic nitrogens is 1. The Balaban J connectivity index is 1.91. The van der Waals surface area contributed by atoms with Crippen LogP contribution in [0.2, 0.25) is 0 Å². The van der Waals surface area contributed by atoms with Gasteiger partial charge in [0.05, 0.1) is 5.01 Å². The molecule has 2 N–H and O–H groups in total. The molecule has 0 aliphatic heterocycles. The molecule has 0 saturated heterocycles. The minimum atomic E-state index is -0.598. The molecule has 1 aromatic carbocycles. The molecule has 4 nitrogen and oxygen atoms in total. The highest BCUT2D eigenvalue weighted by Crippen LogP contribution is 2.14. The summed E-state index contributed by atoms with van der Waals surface area (Å²) >= 11 is 1.67. The summed E-state index contributed by atoms with van der Waals surface area (Å²) in [5.41, 5.74) is 6.85. The smallest absolute Gasteiger partial charge is 0.243 e. The molecule has 1 aromatic heterocycles. The van der Waals surface area contributed by atoms with E-state index in [9.17, 15) is 4.79 Å². The van der Waals surface area contributed by atoms with Crippen molar-refractivity contribution in [3.63, 3.8) is 0 Å². The topological polar surface area (TPSA) is 59.2 Å². The van der Waals surface area contributed by atoms with E-state index < -0.39 is 6.04 Å². The number of aryl methyl sites for hydroxylation is 1. The van der Waals surface area contributed by atoms with Crippen LogP contribution in [0.4, 0.5) is 0 Å². The Morgan fingerprint density at radius 3 is 2.70 bits per heavy atom. The van der Waals surface area contributed by atoms with Gasteiger partial charge in [0.2, 0.25) is 5.91 Å². The van der Waals surface area contributed by atoms with E-state index in [1.807, 2.05) is 43.5 Å². The van der Waals surface area contributed by atoms with E-state index in [0.29, 0.717) is 6.54 Å². The fraction of sp³-hybridized carbons (Fsp3) is 0.333. The molecule has 2 rings (SSSR count). The van der Waals surface area contributed by atoms with Crippen LogP contribution in [0.1, 0.15) is 21.5 Å². The predicted octanol–water partition coefficient (Wildman–Crippen LogP) is 2.15. The Morgan fingerprint density at radius 2 is 2.10 bits per heavy atom. The van der Waals surface area contributed by atoms with Gasteiger partial charge in [0, 0.05) is 31.1 Å². The summed E-state index contributed by atoms with van der Waals surface area (Å²) < 4.78 is 0. The normalized spacial score (nSPS) is 12.2. The van der Waals surface area contributed by atoms with Gasteiger partial charge in [-0.2, -0.15) is 0 Å². The van der Waals surface area contributed by atoms with Crippen molar-refractivity contribution in [1.82, 2.24) is 9.88 Å². The summed E-state index contributed by atoms with van der Waals surface area (Å²) in [5, 5.41) is 1.05. The van der Waals surface area contributed by atoms with Gasteiger partial charge in [-0.1, -0.05) is 30.3 Å². The summed E-state index contributed by atoms with van der Waals surface area (Å²) in [6.07, 6.45) is 2.62. The molecule has 0 bridgehead atoms. The monoisotopic (exact) mass is 289 g/mol. The number of benzene rings is 1. The molecule has 0 unspecified atom stereocenters. The SMILES string of the molecule is Cc1cnc(CCN(C)C(=O)[C@H](N)c2ccccc2)s1. The number of nitrogens with zero attached hydrogens (tertiary/aromatic N) is 2. The highest BCUT2D eigenvalue weighted by atomic mass is 32.1. The zero-order valence-electron chi connectivity index (χ0n) is 11.7. The lowest BCUT2D eigenvalue weighted by Crippen LogP contribution is -2.37. The Morgan fingerprint density at radius 1 is 1.40 bits per heavy atom. The molecule has 20 heavy (non-hydrogen) atoms. The second-order valence-corrected chi connectivity index (χ2v) is 6.08. The zero-order valence-corrected chi connectivity index (χ0v) is 12.6. The predicted molar refractivity (Wildman–Crippen MR) is 81.6 cm³/mol. The quantitative estimate of drug-likeness (QED) is 0.917. The maximum Gasteiger partial charge on any atom is 0.243 e. The van der Waals surface area contributed by atoms with Crippen LogP contribution in [-0.4, -0.2) is 29.4 Å². The van der Waals surface area contributed by atoms with Gasteiger partial charge in [-0.15, -0.1) is 11.3 Å². The number of hydrogen-bond donors (Lipinski definition) is 1. The molecule has 0 fully saturated rings. The summed E-state index contributed by atoms with van der Waals surface area (Å²) in [4.78, 5) is 19.4. The summed E-state index contributed by atoms with van der Waals surface area (Å²) in [5.74, 6) is -0.0653. The number of thiazole rings is 1. The zero-order chi connectivity index (χ0) is 14.5. The number of likely N-dealkylation sites (N-methyl/N-ethyl adjacent to an activating group) is 1. The molecule has 1 heterocycles. The van der Waals surface area contributed by atoms with Gasteiger partial charge in [-0.3, -0.25) is 4.79 Å². The first kappa shape index (κ1) is 14.7. The van der Waals surface area contributed by atoms with E-state index in [1.165, 1.54) is 4.88 Å². The first-order chi connectivity index (χ1) is 9.58. The Bertz CT molecular complexity index is 568. The van der Waals surface area contributed by atoms with E-state index in [-0.39, 0.29) is 5.91 Å². The van der Waals surface area contributed by atoms with Crippen molar-refractivity contribution in [3.8, 4) is 0 Å². The lowest BCUT2D eigenvalue weighted by Gasteiger charge is -2.21.